The lowest BCUT2D eigenvalue weighted by atomic mass is 9.93. The van der Waals surface area contributed by atoms with Crippen LogP contribution in [0, 0.1) is 0 Å². The molecule has 7 nitrogen and oxygen atoms in total. The molecule has 7 heteroatoms. The number of carbonyl (C=O) groups excluding carboxylic acids is 2. The molecule has 0 N–H and O–H groups in total. The van der Waals surface area contributed by atoms with Gasteiger partial charge in [-0.3, -0.25) is 0 Å². The number of ether oxygens (including phenoxy) is 3. The Labute approximate surface area is 180 Å². The van der Waals surface area contributed by atoms with Crippen LogP contribution in [0.2, 0.25) is 0 Å². The van der Waals surface area contributed by atoms with E-state index in [1.165, 1.54) is 6.07 Å². The van der Waals surface area contributed by atoms with E-state index in [9.17, 15) is 14.4 Å². The molecule has 2 heterocycles. The van der Waals surface area contributed by atoms with Crippen molar-refractivity contribution in [3.63, 3.8) is 0 Å². The topological polar surface area (TPSA) is 92.0 Å². The Kier molecular flexibility index (Phi) is 6.06. The first-order valence-corrected chi connectivity index (χ1v) is 10.0. The van der Waals surface area contributed by atoms with Gasteiger partial charge in [0.1, 0.15) is 16.9 Å². The zero-order chi connectivity index (χ0) is 22.9. The van der Waals surface area contributed by atoms with Crippen LogP contribution in [0.1, 0.15) is 53.2 Å². The van der Waals surface area contributed by atoms with Crippen molar-refractivity contribution in [2.24, 2.45) is 0 Å². The van der Waals surface area contributed by atoms with Crippen LogP contribution in [-0.2, 0) is 19.1 Å². The van der Waals surface area contributed by atoms with Crippen molar-refractivity contribution in [3.05, 3.63) is 63.5 Å². The Morgan fingerprint density at radius 2 is 1.61 bits per heavy atom. The second kappa shape index (κ2) is 8.41. The van der Waals surface area contributed by atoms with Crippen LogP contribution in [0.25, 0.3) is 11.0 Å². The van der Waals surface area contributed by atoms with E-state index in [-0.39, 0.29) is 5.58 Å². The van der Waals surface area contributed by atoms with Gasteiger partial charge in [0.2, 0.25) is 0 Å². The smallest absolute Gasteiger partial charge is 0.336 e. The molecule has 164 valence electrons. The quantitative estimate of drug-likeness (QED) is 0.398. The number of allylic oxidation sites excluding steroid dienone is 2. The summed E-state index contributed by atoms with van der Waals surface area (Å²) >= 11 is 0. The lowest BCUT2D eigenvalue weighted by molar-refractivity contribution is -0.172. The molecule has 0 spiro atoms. The zero-order valence-corrected chi connectivity index (χ0v) is 18.5. The summed E-state index contributed by atoms with van der Waals surface area (Å²) in [4.78, 5) is 37.0. The van der Waals surface area contributed by atoms with Gasteiger partial charge in [-0.1, -0.05) is 12.2 Å². The van der Waals surface area contributed by atoms with Gasteiger partial charge in [0.25, 0.3) is 0 Å². The molecule has 0 radical (unpaired) electrons. The van der Waals surface area contributed by atoms with Crippen LogP contribution in [0.3, 0.4) is 0 Å². The summed E-state index contributed by atoms with van der Waals surface area (Å²) in [6.45, 7) is 10.1. The van der Waals surface area contributed by atoms with Gasteiger partial charge in [-0.2, -0.15) is 0 Å². The van der Waals surface area contributed by atoms with Gasteiger partial charge in [-0.15, -0.1) is 0 Å². The molecule has 1 aliphatic rings. The average molecular weight is 426 g/mol. The molecule has 3 rings (SSSR count). The minimum absolute atomic E-state index is 0.273. The van der Waals surface area contributed by atoms with E-state index in [0.29, 0.717) is 27.8 Å². The fourth-order valence-corrected chi connectivity index (χ4v) is 3.31. The van der Waals surface area contributed by atoms with Gasteiger partial charge >= 0.3 is 17.6 Å². The summed E-state index contributed by atoms with van der Waals surface area (Å²) in [5, 5.41) is 0.658. The van der Waals surface area contributed by atoms with Crippen molar-refractivity contribution < 1.29 is 28.2 Å². The molecule has 31 heavy (non-hydrogen) atoms. The minimum Gasteiger partial charge on any atom is -0.481 e. The SMILES string of the molecule is CC=C(C)C(=O)O[C@H]1c2c(ccc3ccc(=O)oc23)O[C@@H]1C(C)(C)OC(=O)C(C)=CC. The molecule has 2 aromatic rings. The summed E-state index contributed by atoms with van der Waals surface area (Å²) in [6, 6.07) is 6.42. The Balaban J connectivity index is 2.11. The van der Waals surface area contributed by atoms with Gasteiger partial charge in [0.05, 0.1) is 5.56 Å². The lowest BCUT2D eigenvalue weighted by Crippen LogP contribution is -2.46. The summed E-state index contributed by atoms with van der Waals surface area (Å²) < 4.78 is 23.1. The molecule has 2 atom stereocenters. The Hall–Kier alpha value is -3.35. The number of rotatable bonds is 5. The number of esters is 2. The zero-order valence-electron chi connectivity index (χ0n) is 18.5. The van der Waals surface area contributed by atoms with E-state index in [0.717, 1.165) is 0 Å². The van der Waals surface area contributed by atoms with Crippen molar-refractivity contribution in [2.45, 2.75) is 59.4 Å². The largest absolute Gasteiger partial charge is 0.481 e. The monoisotopic (exact) mass is 426 g/mol. The highest BCUT2D eigenvalue weighted by atomic mass is 16.6. The van der Waals surface area contributed by atoms with E-state index in [1.54, 1.807) is 71.9 Å². The maximum absolute atomic E-state index is 12.6. The lowest BCUT2D eigenvalue weighted by Gasteiger charge is -2.33. The molecular weight excluding hydrogens is 400 g/mol. The van der Waals surface area contributed by atoms with E-state index >= 15 is 0 Å². The Morgan fingerprint density at radius 3 is 2.26 bits per heavy atom. The third-order valence-electron chi connectivity index (χ3n) is 5.39. The van der Waals surface area contributed by atoms with E-state index in [2.05, 4.69) is 0 Å². The van der Waals surface area contributed by atoms with Crippen molar-refractivity contribution in [2.75, 3.05) is 0 Å². The molecule has 1 aromatic heterocycles. The van der Waals surface area contributed by atoms with Crippen molar-refractivity contribution in [3.8, 4) is 5.75 Å². The number of fused-ring (bicyclic) bond motifs is 3. The van der Waals surface area contributed by atoms with Crippen molar-refractivity contribution in [1.29, 1.82) is 0 Å². The second-order valence-corrected chi connectivity index (χ2v) is 7.95. The fraction of sp³-hybridized carbons (Fsp3) is 0.375. The molecule has 0 fully saturated rings. The van der Waals surface area contributed by atoms with Crippen LogP contribution >= 0.6 is 0 Å². The summed E-state index contributed by atoms with van der Waals surface area (Å²) in [5.41, 5.74) is -0.143. The predicted molar refractivity (Wildman–Crippen MR) is 115 cm³/mol. The Morgan fingerprint density at radius 1 is 1.00 bits per heavy atom. The average Bonchev–Trinajstić information content (AvgIpc) is 3.11. The molecule has 0 saturated carbocycles. The summed E-state index contributed by atoms with van der Waals surface area (Å²) in [6.07, 6.45) is 1.47. The minimum atomic E-state index is -1.17. The second-order valence-electron chi connectivity index (χ2n) is 7.95. The molecule has 0 unspecified atom stereocenters. The molecule has 1 aromatic carbocycles. The van der Waals surface area contributed by atoms with Crippen LogP contribution < -0.4 is 10.4 Å². The van der Waals surface area contributed by atoms with Crippen LogP contribution in [-0.4, -0.2) is 23.6 Å². The standard InChI is InChI=1S/C24H26O7/c1-7-13(3)22(26)30-20-18-16(11-9-15-10-12-17(25)29-19(15)18)28-21(20)24(5,6)31-23(27)14(4)8-2/h7-12,20-21H,1-6H3/t20-,21-/m0/s1. The van der Waals surface area contributed by atoms with E-state index in [4.69, 9.17) is 18.6 Å². The molecule has 0 saturated heterocycles. The number of hydrogen-bond donors (Lipinski definition) is 0. The summed E-state index contributed by atoms with van der Waals surface area (Å²) in [5.74, 6) is -0.649. The third kappa shape index (κ3) is 4.26. The molecular formula is C24H26O7. The van der Waals surface area contributed by atoms with Crippen LogP contribution in [0.15, 0.2) is 56.8 Å². The van der Waals surface area contributed by atoms with Gasteiger partial charge in [-0.25, -0.2) is 14.4 Å². The summed E-state index contributed by atoms with van der Waals surface area (Å²) in [7, 11) is 0. The third-order valence-corrected chi connectivity index (χ3v) is 5.39. The maximum Gasteiger partial charge on any atom is 0.336 e. The van der Waals surface area contributed by atoms with Crippen LogP contribution in [0.4, 0.5) is 0 Å². The first-order chi connectivity index (χ1) is 14.6. The van der Waals surface area contributed by atoms with Gasteiger partial charge in [0, 0.05) is 22.6 Å². The highest BCUT2D eigenvalue weighted by Crippen LogP contribution is 2.47. The molecule has 1 aliphatic heterocycles. The first-order valence-electron chi connectivity index (χ1n) is 10.0. The van der Waals surface area contributed by atoms with Gasteiger partial charge in [0.15, 0.2) is 12.2 Å². The van der Waals surface area contributed by atoms with Crippen LogP contribution in [0.5, 0.6) is 5.75 Å². The van der Waals surface area contributed by atoms with Gasteiger partial charge < -0.3 is 18.6 Å². The molecule has 0 aliphatic carbocycles. The molecule has 0 bridgehead atoms. The normalized spacial score (nSPS) is 19.0. The number of hydrogen-bond acceptors (Lipinski definition) is 7. The fourth-order valence-electron chi connectivity index (χ4n) is 3.31. The Bertz CT molecular complexity index is 1150. The number of benzene rings is 1. The maximum atomic E-state index is 12.6. The van der Waals surface area contributed by atoms with Gasteiger partial charge in [-0.05, 0) is 59.7 Å². The van der Waals surface area contributed by atoms with E-state index in [1.807, 2.05) is 0 Å². The highest BCUT2D eigenvalue weighted by Gasteiger charge is 2.50. The highest BCUT2D eigenvalue weighted by molar-refractivity contribution is 5.89. The van der Waals surface area contributed by atoms with E-state index < -0.39 is 35.4 Å². The number of carbonyl (C=O) groups is 2. The van der Waals surface area contributed by atoms with Crippen molar-refractivity contribution in [1.82, 2.24) is 0 Å². The van der Waals surface area contributed by atoms with Crippen molar-refractivity contribution >= 4 is 22.9 Å². The predicted octanol–water partition coefficient (Wildman–Crippen LogP) is 4.39. The molecule has 0 amide bonds. The first kappa shape index (κ1) is 22.3.